The Morgan fingerprint density at radius 1 is 1.26 bits per heavy atom. The molecule has 1 saturated carbocycles. The molecule has 1 fully saturated rings. The number of carbonyl (C=O) groups excluding carboxylic acids is 2. The molecule has 5 nitrogen and oxygen atoms in total. The molecule has 1 atom stereocenters. The van der Waals surface area contributed by atoms with Crippen LogP contribution < -0.4 is 10.1 Å². The van der Waals surface area contributed by atoms with Gasteiger partial charge in [0, 0.05) is 6.04 Å². The second-order valence-electron chi connectivity index (χ2n) is 6.95. The highest BCUT2D eigenvalue weighted by Crippen LogP contribution is 2.30. The van der Waals surface area contributed by atoms with Gasteiger partial charge >= 0.3 is 5.97 Å². The number of benzene rings is 1. The van der Waals surface area contributed by atoms with Crippen LogP contribution in [0, 0.1) is 0 Å². The Morgan fingerprint density at radius 3 is 2.52 bits per heavy atom. The maximum Gasteiger partial charge on any atom is 0.344 e. The van der Waals surface area contributed by atoms with Crippen molar-refractivity contribution in [2.75, 3.05) is 6.61 Å². The molecule has 0 spiro atoms. The lowest BCUT2D eigenvalue weighted by Crippen LogP contribution is -2.37. The highest BCUT2D eigenvalue weighted by molar-refractivity contribution is 5.84. The molecule has 23 heavy (non-hydrogen) atoms. The van der Waals surface area contributed by atoms with Gasteiger partial charge in [0.05, 0.1) is 0 Å². The molecule has 1 aliphatic rings. The molecule has 2 rings (SSSR count). The van der Waals surface area contributed by atoms with Crippen LogP contribution in [0.5, 0.6) is 5.75 Å². The van der Waals surface area contributed by atoms with Crippen LogP contribution in [0.15, 0.2) is 24.3 Å². The van der Waals surface area contributed by atoms with E-state index in [2.05, 4.69) is 26.1 Å². The van der Waals surface area contributed by atoms with E-state index < -0.39 is 12.1 Å². The van der Waals surface area contributed by atoms with Gasteiger partial charge in [-0.25, -0.2) is 4.79 Å². The van der Waals surface area contributed by atoms with E-state index in [1.165, 1.54) is 0 Å². The summed E-state index contributed by atoms with van der Waals surface area (Å²) >= 11 is 0. The number of hydrogen-bond donors (Lipinski definition) is 1. The van der Waals surface area contributed by atoms with Crippen LogP contribution >= 0.6 is 0 Å². The van der Waals surface area contributed by atoms with E-state index >= 15 is 0 Å². The zero-order valence-corrected chi connectivity index (χ0v) is 14.2. The fraction of sp³-hybridized carbons (Fsp3) is 0.556. The quantitative estimate of drug-likeness (QED) is 0.819. The summed E-state index contributed by atoms with van der Waals surface area (Å²) in [6.45, 7) is 7.60. The van der Waals surface area contributed by atoms with Gasteiger partial charge in [-0.1, -0.05) is 39.0 Å². The first-order valence-electron chi connectivity index (χ1n) is 7.99. The monoisotopic (exact) mass is 319 g/mol. The molecular weight excluding hydrogens is 294 g/mol. The zero-order chi connectivity index (χ0) is 17.0. The van der Waals surface area contributed by atoms with Crippen LogP contribution in [0.2, 0.25) is 0 Å². The highest BCUT2D eigenvalue weighted by Gasteiger charge is 2.27. The maximum absolute atomic E-state index is 11.9. The van der Waals surface area contributed by atoms with Crippen LogP contribution in [0.3, 0.4) is 0 Å². The average Bonchev–Trinajstić information content (AvgIpc) is 3.28. The number of para-hydroxylation sites is 1. The number of amides is 1. The SMILES string of the molecule is C[C@@H](OC(=O)COc1ccccc1C(C)(C)C)C(=O)NC1CC1. The van der Waals surface area contributed by atoms with E-state index in [0.717, 1.165) is 18.4 Å². The van der Waals surface area contributed by atoms with E-state index in [1.54, 1.807) is 6.92 Å². The van der Waals surface area contributed by atoms with Crippen molar-refractivity contribution in [3.05, 3.63) is 29.8 Å². The lowest BCUT2D eigenvalue weighted by molar-refractivity contribution is -0.156. The summed E-state index contributed by atoms with van der Waals surface area (Å²) in [4.78, 5) is 23.6. The van der Waals surface area contributed by atoms with Gasteiger partial charge in [0.15, 0.2) is 12.7 Å². The molecule has 1 aromatic rings. The van der Waals surface area contributed by atoms with Crippen molar-refractivity contribution >= 4 is 11.9 Å². The second-order valence-corrected chi connectivity index (χ2v) is 6.95. The van der Waals surface area contributed by atoms with E-state index in [0.29, 0.717) is 5.75 Å². The van der Waals surface area contributed by atoms with Crippen LogP contribution in [-0.4, -0.2) is 30.6 Å². The fourth-order valence-electron chi connectivity index (χ4n) is 2.18. The van der Waals surface area contributed by atoms with Gasteiger partial charge in [-0.3, -0.25) is 4.79 Å². The smallest absolute Gasteiger partial charge is 0.344 e. The van der Waals surface area contributed by atoms with Gasteiger partial charge in [0.25, 0.3) is 5.91 Å². The molecule has 0 saturated heterocycles. The molecule has 1 N–H and O–H groups in total. The largest absolute Gasteiger partial charge is 0.482 e. The van der Waals surface area contributed by atoms with Gasteiger partial charge < -0.3 is 14.8 Å². The molecule has 126 valence electrons. The van der Waals surface area contributed by atoms with Gasteiger partial charge in [-0.15, -0.1) is 0 Å². The Balaban J connectivity index is 1.85. The molecule has 1 amide bonds. The molecular formula is C18H25NO4. The van der Waals surface area contributed by atoms with Crippen molar-refractivity contribution in [2.24, 2.45) is 0 Å². The Morgan fingerprint density at radius 2 is 1.91 bits per heavy atom. The minimum atomic E-state index is -0.801. The van der Waals surface area contributed by atoms with E-state index in [4.69, 9.17) is 9.47 Å². The minimum absolute atomic E-state index is 0.0854. The molecule has 1 aromatic carbocycles. The first kappa shape index (κ1) is 17.3. The van der Waals surface area contributed by atoms with Gasteiger partial charge in [0.2, 0.25) is 0 Å². The first-order chi connectivity index (χ1) is 10.8. The maximum atomic E-state index is 11.9. The Hall–Kier alpha value is -2.04. The lowest BCUT2D eigenvalue weighted by atomic mass is 9.86. The Labute approximate surface area is 137 Å². The van der Waals surface area contributed by atoms with Gasteiger partial charge in [-0.05, 0) is 36.8 Å². The number of esters is 1. The van der Waals surface area contributed by atoms with E-state index in [-0.39, 0.29) is 24.0 Å². The van der Waals surface area contributed by atoms with Crippen LogP contribution in [-0.2, 0) is 19.7 Å². The summed E-state index contributed by atoms with van der Waals surface area (Å²) in [5.74, 6) is -0.143. The zero-order valence-electron chi connectivity index (χ0n) is 14.2. The molecule has 1 aliphatic carbocycles. The van der Waals surface area contributed by atoms with Crippen LogP contribution in [0.4, 0.5) is 0 Å². The number of ether oxygens (including phenoxy) is 2. The predicted molar refractivity (Wildman–Crippen MR) is 87.4 cm³/mol. The van der Waals surface area contributed by atoms with Crippen molar-refractivity contribution in [2.45, 2.75) is 58.1 Å². The molecule has 0 unspecified atom stereocenters. The first-order valence-corrected chi connectivity index (χ1v) is 7.99. The Kier molecular flexibility index (Phi) is 5.29. The van der Waals surface area contributed by atoms with Crippen molar-refractivity contribution < 1.29 is 19.1 Å². The summed E-state index contributed by atoms with van der Waals surface area (Å²) in [6.07, 6.45) is 1.20. The van der Waals surface area contributed by atoms with Gasteiger partial charge in [-0.2, -0.15) is 0 Å². The number of hydrogen-bond acceptors (Lipinski definition) is 4. The third kappa shape index (κ3) is 5.27. The third-order valence-electron chi connectivity index (χ3n) is 3.64. The summed E-state index contributed by atoms with van der Waals surface area (Å²) < 4.78 is 10.7. The summed E-state index contributed by atoms with van der Waals surface area (Å²) in [6, 6.07) is 7.86. The van der Waals surface area contributed by atoms with Crippen molar-refractivity contribution in [3.8, 4) is 5.75 Å². The number of nitrogens with one attached hydrogen (secondary N) is 1. The highest BCUT2D eigenvalue weighted by atomic mass is 16.6. The fourth-order valence-corrected chi connectivity index (χ4v) is 2.18. The predicted octanol–water partition coefficient (Wildman–Crippen LogP) is 2.57. The standard InChI is InChI=1S/C18H25NO4/c1-12(17(21)19-13-9-10-13)23-16(20)11-22-15-8-6-5-7-14(15)18(2,3)4/h5-8,12-13H,9-11H2,1-4H3,(H,19,21)/t12-/m1/s1. The van der Waals surface area contributed by atoms with E-state index in [1.807, 2.05) is 24.3 Å². The molecule has 5 heteroatoms. The van der Waals surface area contributed by atoms with Crippen LogP contribution in [0.25, 0.3) is 0 Å². The second kappa shape index (κ2) is 7.02. The molecule has 0 aliphatic heterocycles. The number of carbonyl (C=O) groups is 2. The topological polar surface area (TPSA) is 64.6 Å². The average molecular weight is 319 g/mol. The molecule has 0 heterocycles. The summed E-state index contributed by atoms with van der Waals surface area (Å²) in [5, 5.41) is 2.80. The molecule has 0 aromatic heterocycles. The normalized spacial score (nSPS) is 15.7. The van der Waals surface area contributed by atoms with Crippen molar-refractivity contribution in [3.63, 3.8) is 0 Å². The molecule has 0 radical (unpaired) electrons. The van der Waals surface area contributed by atoms with Crippen LogP contribution in [0.1, 0.15) is 46.1 Å². The summed E-state index contributed by atoms with van der Waals surface area (Å²) in [5.41, 5.74) is 0.935. The summed E-state index contributed by atoms with van der Waals surface area (Å²) in [7, 11) is 0. The lowest BCUT2D eigenvalue weighted by Gasteiger charge is -2.22. The van der Waals surface area contributed by atoms with Crippen molar-refractivity contribution in [1.82, 2.24) is 5.32 Å². The third-order valence-corrected chi connectivity index (χ3v) is 3.64. The minimum Gasteiger partial charge on any atom is -0.482 e. The molecule has 0 bridgehead atoms. The Bertz CT molecular complexity index is 573. The van der Waals surface area contributed by atoms with Crippen molar-refractivity contribution in [1.29, 1.82) is 0 Å². The number of rotatable bonds is 6. The van der Waals surface area contributed by atoms with Gasteiger partial charge in [0.1, 0.15) is 5.75 Å². The van der Waals surface area contributed by atoms with E-state index in [9.17, 15) is 9.59 Å².